The van der Waals surface area contributed by atoms with Gasteiger partial charge in [0.15, 0.2) is 5.82 Å². The van der Waals surface area contributed by atoms with Gasteiger partial charge in [-0.1, -0.05) is 30.3 Å². The maximum Gasteiger partial charge on any atom is 0.156 e. The van der Waals surface area contributed by atoms with Crippen molar-refractivity contribution < 1.29 is 4.74 Å². The number of rotatable bonds is 6. The molecule has 0 spiro atoms. The van der Waals surface area contributed by atoms with E-state index in [4.69, 9.17) is 16.3 Å². The van der Waals surface area contributed by atoms with E-state index in [0.29, 0.717) is 18.2 Å². The summed E-state index contributed by atoms with van der Waals surface area (Å²) >= 11 is 5.96. The number of hydrogen-bond acceptors (Lipinski definition) is 3. The van der Waals surface area contributed by atoms with E-state index in [2.05, 4.69) is 17.0 Å². The minimum atomic E-state index is 0.618. The van der Waals surface area contributed by atoms with Crippen molar-refractivity contribution in [2.45, 2.75) is 6.92 Å². The minimum Gasteiger partial charge on any atom is -0.383 e. The number of halogens is 1. The lowest BCUT2D eigenvalue weighted by molar-refractivity contribution is 0.210. The molecule has 0 saturated carbocycles. The molecule has 5 heteroatoms. The Labute approximate surface area is 135 Å². The van der Waals surface area contributed by atoms with E-state index in [1.807, 2.05) is 48.0 Å². The number of ether oxygens (including phenoxy) is 1. The molecule has 0 aliphatic heterocycles. The lowest BCUT2D eigenvalue weighted by Crippen LogP contribution is -2.29. The van der Waals surface area contributed by atoms with Crippen molar-refractivity contribution >= 4 is 29.6 Å². The number of allylic oxidation sites excluding steroid dienone is 1. The Bertz CT molecular complexity index is 747. The highest BCUT2D eigenvalue weighted by atomic mass is 35.5. The second-order valence-corrected chi connectivity index (χ2v) is 5.08. The highest BCUT2D eigenvalue weighted by molar-refractivity contribution is 6.30. The highest BCUT2D eigenvalue weighted by Gasteiger charge is 2.07. The van der Waals surface area contributed by atoms with Crippen LogP contribution in [0, 0.1) is 0 Å². The molecule has 1 aromatic heterocycles. The van der Waals surface area contributed by atoms with Crippen LogP contribution in [0.5, 0.6) is 0 Å². The summed E-state index contributed by atoms with van der Waals surface area (Å²) in [7, 11) is 1.68. The van der Waals surface area contributed by atoms with Gasteiger partial charge in [-0.2, -0.15) is 0 Å². The van der Waals surface area contributed by atoms with E-state index >= 15 is 0 Å². The third kappa shape index (κ3) is 3.59. The van der Waals surface area contributed by atoms with Gasteiger partial charge in [0, 0.05) is 23.9 Å². The predicted octanol–water partition coefficient (Wildman–Crippen LogP) is 2.35. The summed E-state index contributed by atoms with van der Waals surface area (Å²) in [5, 5.41) is 10.7. The molecular weight excluding hydrogens is 298 g/mol. The summed E-state index contributed by atoms with van der Waals surface area (Å²) in [5.41, 5.74) is 0.955. The van der Waals surface area contributed by atoms with E-state index in [9.17, 15) is 0 Å². The summed E-state index contributed by atoms with van der Waals surface area (Å²) in [6.45, 7) is 7.08. The van der Waals surface area contributed by atoms with Crippen LogP contribution < -0.4 is 15.9 Å². The fourth-order valence-corrected chi connectivity index (χ4v) is 2.31. The van der Waals surface area contributed by atoms with Crippen molar-refractivity contribution in [3.05, 3.63) is 52.5 Å². The SMILES string of the molecule is C=C/C=c1/c(NCCOC)nn(-c2ccc(Cl)cc2)/c1=C/C. The van der Waals surface area contributed by atoms with E-state index in [-0.39, 0.29) is 0 Å². The van der Waals surface area contributed by atoms with Crippen molar-refractivity contribution in [1.29, 1.82) is 0 Å². The van der Waals surface area contributed by atoms with E-state index in [0.717, 1.165) is 22.1 Å². The number of hydrogen-bond donors (Lipinski definition) is 1. The predicted molar refractivity (Wildman–Crippen MR) is 93.0 cm³/mol. The van der Waals surface area contributed by atoms with Crippen molar-refractivity contribution in [2.24, 2.45) is 0 Å². The molecule has 22 heavy (non-hydrogen) atoms. The van der Waals surface area contributed by atoms with Gasteiger partial charge in [0.25, 0.3) is 0 Å². The highest BCUT2D eigenvalue weighted by Crippen LogP contribution is 2.11. The molecule has 0 saturated heterocycles. The lowest BCUT2D eigenvalue weighted by atomic mass is 10.3. The lowest BCUT2D eigenvalue weighted by Gasteiger charge is -2.03. The van der Waals surface area contributed by atoms with Crippen LogP contribution in [0.25, 0.3) is 17.8 Å². The normalized spacial score (nSPS) is 12.7. The molecule has 0 fully saturated rings. The van der Waals surface area contributed by atoms with Crippen LogP contribution in [0.4, 0.5) is 5.82 Å². The Balaban J connectivity index is 2.55. The Morgan fingerprint density at radius 3 is 2.68 bits per heavy atom. The Morgan fingerprint density at radius 2 is 2.09 bits per heavy atom. The number of methoxy groups -OCH3 is 1. The molecule has 0 amide bonds. The molecular formula is C17H20ClN3O. The molecule has 2 rings (SSSR count). The summed E-state index contributed by atoms with van der Waals surface area (Å²) < 4.78 is 6.96. The van der Waals surface area contributed by atoms with Crippen LogP contribution in [0.1, 0.15) is 6.92 Å². The summed E-state index contributed by atoms with van der Waals surface area (Å²) in [6.07, 6.45) is 5.74. The Kier molecular flexibility index (Phi) is 5.81. The fourth-order valence-electron chi connectivity index (χ4n) is 2.18. The summed E-state index contributed by atoms with van der Waals surface area (Å²) in [4.78, 5) is 0. The van der Waals surface area contributed by atoms with Crippen LogP contribution in [0.2, 0.25) is 5.02 Å². The average Bonchev–Trinajstić information content (AvgIpc) is 2.87. The van der Waals surface area contributed by atoms with Gasteiger partial charge >= 0.3 is 0 Å². The zero-order chi connectivity index (χ0) is 15.9. The zero-order valence-corrected chi connectivity index (χ0v) is 13.6. The largest absolute Gasteiger partial charge is 0.383 e. The molecule has 4 nitrogen and oxygen atoms in total. The van der Waals surface area contributed by atoms with Gasteiger partial charge < -0.3 is 10.1 Å². The average molecular weight is 318 g/mol. The fraction of sp³-hybridized carbons (Fsp3) is 0.235. The van der Waals surface area contributed by atoms with Crippen molar-refractivity contribution in [1.82, 2.24) is 9.78 Å². The zero-order valence-electron chi connectivity index (χ0n) is 12.8. The smallest absolute Gasteiger partial charge is 0.156 e. The van der Waals surface area contributed by atoms with Crippen LogP contribution >= 0.6 is 11.6 Å². The molecule has 0 atom stereocenters. The monoisotopic (exact) mass is 317 g/mol. The number of aromatic nitrogens is 2. The third-order valence-electron chi connectivity index (χ3n) is 3.19. The molecule has 116 valence electrons. The molecule has 0 radical (unpaired) electrons. The van der Waals surface area contributed by atoms with Gasteiger partial charge in [0.1, 0.15) is 0 Å². The maximum absolute atomic E-state index is 5.96. The number of nitrogens with zero attached hydrogens (tertiary/aromatic N) is 2. The first-order chi connectivity index (χ1) is 10.7. The van der Waals surface area contributed by atoms with E-state index in [1.54, 1.807) is 13.2 Å². The van der Waals surface area contributed by atoms with Gasteiger partial charge in [-0.15, -0.1) is 5.10 Å². The standard InChI is InChI=1S/C17H20ClN3O/c1-4-6-15-16(5-2)21(14-9-7-13(18)8-10-14)20-17(15)19-11-12-22-3/h4-10H,1,11-12H2,2-3H3,(H,19,20)/b15-6+,16-5+. The summed E-state index contributed by atoms with van der Waals surface area (Å²) in [6, 6.07) is 7.60. The molecule has 0 unspecified atom stereocenters. The molecule has 1 N–H and O–H groups in total. The first-order valence-corrected chi connectivity index (χ1v) is 7.46. The molecule has 0 aliphatic carbocycles. The number of benzene rings is 1. The van der Waals surface area contributed by atoms with Gasteiger partial charge in [-0.05, 0) is 37.3 Å². The van der Waals surface area contributed by atoms with Gasteiger partial charge in [-0.25, -0.2) is 4.68 Å². The maximum atomic E-state index is 5.96. The second-order valence-electron chi connectivity index (χ2n) is 4.65. The Morgan fingerprint density at radius 1 is 1.36 bits per heavy atom. The molecule has 0 aliphatic rings. The number of anilines is 1. The third-order valence-corrected chi connectivity index (χ3v) is 3.44. The molecule has 1 heterocycles. The van der Waals surface area contributed by atoms with Gasteiger partial charge in [-0.3, -0.25) is 0 Å². The second kappa shape index (κ2) is 7.82. The van der Waals surface area contributed by atoms with Crippen LogP contribution in [-0.4, -0.2) is 30.0 Å². The van der Waals surface area contributed by atoms with Gasteiger partial charge in [0.2, 0.25) is 0 Å². The van der Waals surface area contributed by atoms with Gasteiger partial charge in [0.05, 0.1) is 17.6 Å². The number of nitrogens with one attached hydrogen (secondary N) is 1. The summed E-state index contributed by atoms with van der Waals surface area (Å²) in [5.74, 6) is 0.806. The van der Waals surface area contributed by atoms with Crippen molar-refractivity contribution in [3.63, 3.8) is 0 Å². The topological polar surface area (TPSA) is 39.1 Å². The van der Waals surface area contributed by atoms with Crippen LogP contribution in [-0.2, 0) is 4.74 Å². The molecule has 2 aromatic rings. The van der Waals surface area contributed by atoms with Crippen LogP contribution in [0.3, 0.4) is 0 Å². The molecule has 1 aromatic carbocycles. The van der Waals surface area contributed by atoms with Crippen molar-refractivity contribution in [3.8, 4) is 5.69 Å². The van der Waals surface area contributed by atoms with E-state index in [1.165, 1.54) is 0 Å². The Hall–Kier alpha value is -2.04. The van der Waals surface area contributed by atoms with E-state index < -0.39 is 0 Å². The first-order valence-electron chi connectivity index (χ1n) is 7.08. The first kappa shape index (κ1) is 16.3. The quantitative estimate of drug-likeness (QED) is 0.831. The van der Waals surface area contributed by atoms with Crippen molar-refractivity contribution in [2.75, 3.05) is 25.6 Å². The minimum absolute atomic E-state index is 0.618. The molecule has 0 bridgehead atoms. The van der Waals surface area contributed by atoms with Crippen LogP contribution in [0.15, 0.2) is 36.9 Å².